The fourth-order valence-electron chi connectivity index (χ4n) is 6.21. The lowest BCUT2D eigenvalue weighted by atomic mass is 9.84. The Morgan fingerprint density at radius 3 is 2.05 bits per heavy atom. The molecule has 8 nitrogen and oxygen atoms in total. The van der Waals surface area contributed by atoms with Crippen LogP contribution in [0.15, 0.2) is 78.9 Å². The van der Waals surface area contributed by atoms with Crippen LogP contribution in [0.5, 0.6) is 28.7 Å². The number of amides is 2. The highest BCUT2D eigenvalue weighted by molar-refractivity contribution is 6.11. The predicted octanol–water partition coefficient (Wildman–Crippen LogP) is 6.89. The van der Waals surface area contributed by atoms with E-state index in [2.05, 4.69) is 11.4 Å². The molecule has 0 bridgehead atoms. The molecule has 44 heavy (non-hydrogen) atoms. The first-order chi connectivity index (χ1) is 21.5. The zero-order valence-corrected chi connectivity index (χ0v) is 25.6. The maximum absolute atomic E-state index is 14.0. The molecule has 226 valence electrons. The van der Waals surface area contributed by atoms with Gasteiger partial charge in [-0.15, -0.1) is 0 Å². The van der Waals surface area contributed by atoms with Gasteiger partial charge in [-0.25, -0.2) is 4.79 Å². The molecule has 8 heteroatoms. The molecule has 6 rings (SSSR count). The summed E-state index contributed by atoms with van der Waals surface area (Å²) in [4.78, 5) is 16.0. The monoisotopic (exact) mass is 592 g/mol. The van der Waals surface area contributed by atoms with Gasteiger partial charge in [0.05, 0.1) is 41.6 Å². The molecule has 0 saturated heterocycles. The number of nitrogens with zero attached hydrogens (tertiary/aromatic N) is 1. The number of rotatable bonds is 8. The quantitative estimate of drug-likeness (QED) is 0.198. The Labute approximate surface area is 257 Å². The van der Waals surface area contributed by atoms with E-state index >= 15 is 0 Å². The molecule has 0 aliphatic carbocycles. The molecular weight excluding hydrogens is 556 g/mol. The average Bonchev–Trinajstić information content (AvgIpc) is 3.08. The Morgan fingerprint density at radius 2 is 1.36 bits per heavy atom. The van der Waals surface area contributed by atoms with Crippen LogP contribution >= 0.6 is 0 Å². The number of carbonyl (C=O) groups excluding carboxylic acids is 1. The van der Waals surface area contributed by atoms with Gasteiger partial charge in [0.15, 0.2) is 23.0 Å². The number of hydrogen-bond acceptors (Lipinski definition) is 6. The molecule has 1 heterocycles. The normalized spacial score (nSPS) is 14.2. The van der Waals surface area contributed by atoms with Gasteiger partial charge in [-0.1, -0.05) is 36.4 Å². The third-order valence-corrected chi connectivity index (χ3v) is 8.41. The molecule has 0 aromatic heterocycles. The molecular formula is C36H36N2O6. The van der Waals surface area contributed by atoms with E-state index in [0.717, 1.165) is 49.5 Å². The molecule has 2 amide bonds. The minimum atomic E-state index is -0.429. The number of nitrogens with one attached hydrogen (secondary N) is 1. The maximum atomic E-state index is 14.0. The van der Waals surface area contributed by atoms with E-state index < -0.39 is 6.04 Å². The predicted molar refractivity (Wildman–Crippen MR) is 172 cm³/mol. The number of fused-ring (bicyclic) bond motifs is 4. The molecule has 0 saturated carbocycles. The van der Waals surface area contributed by atoms with Crippen LogP contribution < -0.4 is 29.0 Å². The number of urea groups is 1. The highest BCUT2D eigenvalue weighted by Crippen LogP contribution is 2.46. The van der Waals surface area contributed by atoms with Crippen molar-refractivity contribution in [1.82, 2.24) is 10.2 Å². The summed E-state index contributed by atoms with van der Waals surface area (Å²) in [6.07, 6.45) is 0.671. The average molecular weight is 593 g/mol. The molecule has 1 aliphatic heterocycles. The Morgan fingerprint density at radius 1 is 0.705 bits per heavy atom. The molecule has 1 unspecified atom stereocenters. The van der Waals surface area contributed by atoms with Crippen molar-refractivity contribution < 1.29 is 28.5 Å². The fourth-order valence-corrected chi connectivity index (χ4v) is 6.21. The lowest BCUT2D eigenvalue weighted by molar-refractivity contribution is 0.180. The maximum Gasteiger partial charge on any atom is 0.318 e. The van der Waals surface area contributed by atoms with Crippen LogP contribution in [0.4, 0.5) is 4.79 Å². The van der Waals surface area contributed by atoms with Crippen LogP contribution in [-0.2, 0) is 13.0 Å². The first-order valence-electron chi connectivity index (χ1n) is 14.5. The van der Waals surface area contributed by atoms with E-state index in [0.29, 0.717) is 42.5 Å². The van der Waals surface area contributed by atoms with Crippen molar-refractivity contribution in [2.45, 2.75) is 19.0 Å². The molecule has 0 fully saturated rings. The zero-order valence-electron chi connectivity index (χ0n) is 25.6. The highest BCUT2D eigenvalue weighted by Gasteiger charge is 2.35. The van der Waals surface area contributed by atoms with E-state index in [-0.39, 0.29) is 6.03 Å². The third kappa shape index (κ3) is 5.17. The van der Waals surface area contributed by atoms with E-state index in [4.69, 9.17) is 23.7 Å². The van der Waals surface area contributed by atoms with Gasteiger partial charge in [0, 0.05) is 13.1 Å². The number of carbonyl (C=O) groups is 1. The van der Waals surface area contributed by atoms with Gasteiger partial charge >= 0.3 is 6.03 Å². The summed E-state index contributed by atoms with van der Waals surface area (Å²) in [5.41, 5.74) is 4.07. The van der Waals surface area contributed by atoms with Gasteiger partial charge < -0.3 is 33.9 Å². The van der Waals surface area contributed by atoms with Crippen molar-refractivity contribution >= 4 is 27.6 Å². The van der Waals surface area contributed by atoms with Crippen LogP contribution in [0.3, 0.4) is 0 Å². The van der Waals surface area contributed by atoms with E-state index in [9.17, 15) is 4.79 Å². The SMILES string of the molecule is COc1ccc2cc(C3c4cc(OC)c(OC)cc4CCN3C(=O)NCc3ccccc3)c3cc(OC)c(OC)cc3c2c1. The number of hydrogen-bond donors (Lipinski definition) is 1. The second-order valence-electron chi connectivity index (χ2n) is 10.7. The summed E-state index contributed by atoms with van der Waals surface area (Å²) in [5.74, 6) is 3.25. The lowest BCUT2D eigenvalue weighted by Crippen LogP contribution is -2.45. The van der Waals surface area contributed by atoms with Gasteiger partial charge in [0.25, 0.3) is 0 Å². The minimum Gasteiger partial charge on any atom is -0.497 e. The Hall–Kier alpha value is -5.11. The van der Waals surface area contributed by atoms with Gasteiger partial charge in [-0.3, -0.25) is 0 Å². The zero-order chi connectivity index (χ0) is 30.8. The van der Waals surface area contributed by atoms with Crippen LogP contribution in [0, 0.1) is 0 Å². The van der Waals surface area contributed by atoms with Crippen LogP contribution in [0.25, 0.3) is 21.5 Å². The molecule has 5 aromatic carbocycles. The fraction of sp³-hybridized carbons (Fsp3) is 0.250. The van der Waals surface area contributed by atoms with Crippen molar-refractivity contribution in [3.8, 4) is 28.7 Å². The van der Waals surface area contributed by atoms with Crippen molar-refractivity contribution in [2.75, 3.05) is 42.1 Å². The number of ether oxygens (including phenoxy) is 5. The summed E-state index contributed by atoms with van der Waals surface area (Å²) in [6, 6.07) is 25.6. The van der Waals surface area contributed by atoms with Gasteiger partial charge in [0.2, 0.25) is 0 Å². The molecule has 1 N–H and O–H groups in total. The smallest absolute Gasteiger partial charge is 0.318 e. The summed E-state index contributed by atoms with van der Waals surface area (Å²) < 4.78 is 28.5. The van der Waals surface area contributed by atoms with Crippen molar-refractivity contribution in [3.05, 3.63) is 101 Å². The minimum absolute atomic E-state index is 0.150. The van der Waals surface area contributed by atoms with Gasteiger partial charge in [-0.05, 0) is 92.7 Å². The summed E-state index contributed by atoms with van der Waals surface area (Å²) in [6.45, 7) is 0.939. The first kappa shape index (κ1) is 29.0. The van der Waals surface area contributed by atoms with Gasteiger partial charge in [-0.2, -0.15) is 0 Å². The molecule has 5 aromatic rings. The van der Waals surface area contributed by atoms with E-state index in [1.807, 2.05) is 77.7 Å². The Balaban J connectivity index is 1.60. The van der Waals surface area contributed by atoms with E-state index in [1.165, 1.54) is 0 Å². The topological polar surface area (TPSA) is 78.5 Å². The summed E-state index contributed by atoms with van der Waals surface area (Å²) >= 11 is 0. The summed E-state index contributed by atoms with van der Waals surface area (Å²) in [7, 11) is 8.19. The largest absolute Gasteiger partial charge is 0.497 e. The molecule has 0 spiro atoms. The number of methoxy groups -OCH3 is 5. The van der Waals surface area contributed by atoms with Crippen LogP contribution in [-0.4, -0.2) is 53.0 Å². The van der Waals surface area contributed by atoms with Gasteiger partial charge in [0.1, 0.15) is 5.75 Å². The second-order valence-corrected chi connectivity index (χ2v) is 10.7. The molecule has 1 aliphatic rings. The van der Waals surface area contributed by atoms with Crippen LogP contribution in [0.2, 0.25) is 0 Å². The molecule has 1 atom stereocenters. The molecule has 0 radical (unpaired) electrons. The second kappa shape index (κ2) is 12.2. The van der Waals surface area contributed by atoms with Crippen LogP contribution in [0.1, 0.15) is 28.3 Å². The Bertz CT molecular complexity index is 1840. The Kier molecular flexibility index (Phi) is 8.07. The third-order valence-electron chi connectivity index (χ3n) is 8.41. The van der Waals surface area contributed by atoms with E-state index in [1.54, 1.807) is 35.5 Å². The number of benzene rings is 5. The van der Waals surface area contributed by atoms with Crippen molar-refractivity contribution in [2.24, 2.45) is 0 Å². The lowest BCUT2D eigenvalue weighted by Gasteiger charge is -2.39. The van der Waals surface area contributed by atoms with Crippen molar-refractivity contribution in [3.63, 3.8) is 0 Å². The first-order valence-corrected chi connectivity index (χ1v) is 14.5. The van der Waals surface area contributed by atoms with Crippen molar-refractivity contribution in [1.29, 1.82) is 0 Å². The highest BCUT2D eigenvalue weighted by atomic mass is 16.5. The standard InChI is InChI=1S/C36H36N2O6/c1-40-25-12-11-23-15-30(29-20-34(44-5)33(43-4)19-28(29)26(23)17-25)35-27-18-32(42-3)31(41-2)16-24(27)13-14-38(35)36(39)37-21-22-9-7-6-8-10-22/h6-12,15-20,35H,13-14,21H2,1-5H3,(H,37,39). The summed E-state index contributed by atoms with van der Waals surface area (Å²) in [5, 5.41) is 7.09.